The summed E-state index contributed by atoms with van der Waals surface area (Å²) in [5.41, 5.74) is 12.2. The molecule has 8 heteroatoms. The molecule has 0 saturated carbocycles. The first-order valence-corrected chi connectivity index (χ1v) is 13.8. The minimum absolute atomic E-state index is 0.0491. The summed E-state index contributed by atoms with van der Waals surface area (Å²) in [7, 11) is 0. The highest BCUT2D eigenvalue weighted by Crippen LogP contribution is 2.42. The number of aromatic hydroxyl groups is 1. The summed E-state index contributed by atoms with van der Waals surface area (Å²) in [5.74, 6) is -0.0671. The van der Waals surface area contributed by atoms with E-state index in [0.29, 0.717) is 48.6 Å². The predicted molar refractivity (Wildman–Crippen MR) is 164 cm³/mol. The SMILES string of the molecule is CCN(CCOCCc1c(C(N)=O)ccc(-c2c3ccc(=O)cc-3oc3cc(O)ccc23)c1C)c1ccc(C=O)cc1. The van der Waals surface area contributed by atoms with Crippen LogP contribution in [0.25, 0.3) is 33.4 Å². The highest BCUT2D eigenvalue weighted by atomic mass is 16.5. The Hall–Kier alpha value is -4.95. The molecule has 0 radical (unpaired) electrons. The van der Waals surface area contributed by atoms with Crippen molar-refractivity contribution >= 4 is 28.8 Å². The number of rotatable bonds is 11. The predicted octanol–water partition coefficient (Wildman–Crippen LogP) is 5.58. The standard InChI is InChI=1S/C34H32N2O6/c1-3-36(23-6-4-22(20-37)5-7-23)15-17-41-16-14-26-21(2)27(12-13-28(26)34(35)40)33-29-10-8-24(38)18-31(29)42-32-19-25(39)9-11-30(32)33/h4-13,18-20,38H,3,14-17H2,1-2H3,(H2,35,40). The van der Waals surface area contributed by atoms with E-state index in [0.717, 1.165) is 51.7 Å². The Morgan fingerprint density at radius 1 is 1.00 bits per heavy atom. The van der Waals surface area contributed by atoms with Gasteiger partial charge < -0.3 is 24.9 Å². The van der Waals surface area contributed by atoms with Crippen LogP contribution in [0.2, 0.25) is 0 Å². The summed E-state index contributed by atoms with van der Waals surface area (Å²) in [6.45, 7) is 6.32. The van der Waals surface area contributed by atoms with Gasteiger partial charge in [0.15, 0.2) is 5.43 Å². The van der Waals surface area contributed by atoms with Crippen LogP contribution in [-0.2, 0) is 11.2 Å². The number of hydrogen-bond acceptors (Lipinski definition) is 7. The van der Waals surface area contributed by atoms with Crippen molar-refractivity contribution in [3.05, 3.63) is 105 Å². The van der Waals surface area contributed by atoms with Gasteiger partial charge in [-0.2, -0.15) is 0 Å². The van der Waals surface area contributed by atoms with Gasteiger partial charge in [0.2, 0.25) is 5.91 Å². The first kappa shape index (κ1) is 28.6. The van der Waals surface area contributed by atoms with Gasteiger partial charge in [0, 0.05) is 58.5 Å². The zero-order valence-electron chi connectivity index (χ0n) is 23.6. The van der Waals surface area contributed by atoms with Crippen molar-refractivity contribution in [1.82, 2.24) is 0 Å². The van der Waals surface area contributed by atoms with Crippen molar-refractivity contribution < 1.29 is 23.8 Å². The van der Waals surface area contributed by atoms with Crippen LogP contribution in [0.4, 0.5) is 5.69 Å². The number of nitrogens with zero attached hydrogens (tertiary/aromatic N) is 1. The molecule has 3 aromatic rings. The van der Waals surface area contributed by atoms with Gasteiger partial charge >= 0.3 is 0 Å². The molecule has 5 rings (SSSR count). The number of nitrogens with two attached hydrogens (primary N) is 1. The molecule has 0 bridgehead atoms. The van der Waals surface area contributed by atoms with Crippen LogP contribution in [0.1, 0.15) is 38.8 Å². The topological polar surface area (TPSA) is 123 Å². The smallest absolute Gasteiger partial charge is 0.248 e. The van der Waals surface area contributed by atoms with Gasteiger partial charge in [0.05, 0.1) is 13.2 Å². The third kappa shape index (κ3) is 5.75. The molecule has 8 nitrogen and oxygen atoms in total. The largest absolute Gasteiger partial charge is 0.508 e. The third-order valence-corrected chi connectivity index (χ3v) is 7.59. The molecular formula is C34H32N2O6. The number of fused-ring (bicyclic) bond motifs is 2. The first-order valence-electron chi connectivity index (χ1n) is 13.8. The van der Waals surface area contributed by atoms with Gasteiger partial charge in [-0.15, -0.1) is 0 Å². The quantitative estimate of drug-likeness (QED) is 0.122. The van der Waals surface area contributed by atoms with E-state index in [1.54, 1.807) is 36.4 Å². The van der Waals surface area contributed by atoms with Crippen LogP contribution in [0.3, 0.4) is 0 Å². The highest BCUT2D eigenvalue weighted by Gasteiger charge is 2.22. The Bertz CT molecular complexity index is 1790. The number of amides is 1. The Kier molecular flexibility index (Phi) is 8.36. The van der Waals surface area contributed by atoms with E-state index < -0.39 is 5.91 Å². The van der Waals surface area contributed by atoms with Gasteiger partial charge in [-0.25, -0.2) is 0 Å². The fourth-order valence-corrected chi connectivity index (χ4v) is 5.41. The number of anilines is 1. The summed E-state index contributed by atoms with van der Waals surface area (Å²) >= 11 is 0. The Balaban J connectivity index is 1.43. The van der Waals surface area contributed by atoms with E-state index >= 15 is 0 Å². The number of phenols is 1. The highest BCUT2D eigenvalue weighted by molar-refractivity contribution is 6.04. The minimum Gasteiger partial charge on any atom is -0.508 e. The van der Waals surface area contributed by atoms with Crippen LogP contribution >= 0.6 is 0 Å². The number of carbonyl (C=O) groups is 2. The van der Waals surface area contributed by atoms with E-state index in [-0.39, 0.29) is 11.2 Å². The molecule has 0 unspecified atom stereocenters. The molecule has 3 N–H and O–H groups in total. The fourth-order valence-electron chi connectivity index (χ4n) is 5.41. The molecule has 3 aromatic carbocycles. The van der Waals surface area contributed by atoms with E-state index in [2.05, 4.69) is 11.8 Å². The van der Waals surface area contributed by atoms with Crippen molar-refractivity contribution in [3.8, 4) is 28.2 Å². The lowest BCUT2D eigenvalue weighted by Crippen LogP contribution is -2.27. The van der Waals surface area contributed by atoms with Crippen LogP contribution in [0.15, 0.2) is 82.0 Å². The second kappa shape index (κ2) is 12.3. The zero-order chi connectivity index (χ0) is 29.8. The number of benzene rings is 4. The normalized spacial score (nSPS) is 11.2. The Labute approximate surface area is 243 Å². The maximum atomic E-state index is 12.4. The van der Waals surface area contributed by atoms with Crippen molar-refractivity contribution in [2.45, 2.75) is 20.3 Å². The van der Waals surface area contributed by atoms with Crippen LogP contribution in [-0.4, -0.2) is 43.6 Å². The molecular weight excluding hydrogens is 532 g/mol. The molecule has 0 saturated heterocycles. The summed E-state index contributed by atoms with van der Waals surface area (Å²) in [5, 5.41) is 10.8. The molecule has 0 aromatic heterocycles. The van der Waals surface area contributed by atoms with Gasteiger partial charge in [0.1, 0.15) is 23.4 Å². The van der Waals surface area contributed by atoms with Crippen LogP contribution in [0, 0.1) is 6.92 Å². The second-order valence-corrected chi connectivity index (χ2v) is 10.1. The van der Waals surface area contributed by atoms with E-state index in [4.69, 9.17) is 14.9 Å². The van der Waals surface area contributed by atoms with Crippen LogP contribution < -0.4 is 16.1 Å². The molecule has 1 aliphatic heterocycles. The number of hydrogen-bond donors (Lipinski definition) is 2. The number of primary amides is 1. The van der Waals surface area contributed by atoms with Crippen molar-refractivity contribution in [3.63, 3.8) is 0 Å². The van der Waals surface area contributed by atoms with Gasteiger partial charge in [-0.1, -0.05) is 6.07 Å². The Morgan fingerprint density at radius 2 is 1.76 bits per heavy atom. The third-order valence-electron chi connectivity index (χ3n) is 7.59. The lowest BCUT2D eigenvalue weighted by atomic mass is 9.87. The number of phenolic OH excluding ortho intramolecular Hbond substituents is 1. The first-order chi connectivity index (χ1) is 20.3. The van der Waals surface area contributed by atoms with E-state index in [9.17, 15) is 19.5 Å². The number of likely N-dealkylation sites (N-methyl/N-ethyl adjacent to an activating group) is 1. The molecule has 0 atom stereocenters. The number of aldehydes is 1. The van der Waals surface area contributed by atoms with Gasteiger partial charge in [-0.05, 0) is 91.6 Å². The van der Waals surface area contributed by atoms with Crippen molar-refractivity contribution in [1.29, 1.82) is 0 Å². The molecule has 214 valence electrons. The van der Waals surface area contributed by atoms with Crippen molar-refractivity contribution in [2.24, 2.45) is 5.73 Å². The number of ether oxygens (including phenoxy) is 1. The minimum atomic E-state index is -0.519. The van der Waals surface area contributed by atoms with Crippen LogP contribution in [0.5, 0.6) is 5.75 Å². The summed E-state index contributed by atoms with van der Waals surface area (Å²) in [6, 6.07) is 20.6. The molecule has 0 fully saturated rings. The zero-order valence-corrected chi connectivity index (χ0v) is 23.6. The molecule has 1 heterocycles. The maximum absolute atomic E-state index is 12.4. The van der Waals surface area contributed by atoms with E-state index in [1.807, 2.05) is 25.1 Å². The van der Waals surface area contributed by atoms with Gasteiger partial charge in [-0.3, -0.25) is 14.4 Å². The second-order valence-electron chi connectivity index (χ2n) is 10.1. The van der Waals surface area contributed by atoms with Gasteiger partial charge in [0.25, 0.3) is 0 Å². The average Bonchev–Trinajstić information content (AvgIpc) is 2.98. The molecule has 1 aliphatic carbocycles. The molecule has 2 aliphatic rings. The lowest BCUT2D eigenvalue weighted by Gasteiger charge is -2.23. The lowest BCUT2D eigenvalue weighted by molar-refractivity contribution is 0.0997. The molecule has 42 heavy (non-hydrogen) atoms. The summed E-state index contributed by atoms with van der Waals surface area (Å²) in [4.78, 5) is 37.7. The average molecular weight is 565 g/mol. The molecule has 1 amide bonds. The van der Waals surface area contributed by atoms with E-state index in [1.165, 1.54) is 18.2 Å². The van der Waals surface area contributed by atoms with Crippen molar-refractivity contribution in [2.75, 3.05) is 31.2 Å². The molecule has 0 spiro atoms. The fraction of sp³-hybridized carbons (Fsp3) is 0.206. The monoisotopic (exact) mass is 564 g/mol. The summed E-state index contributed by atoms with van der Waals surface area (Å²) < 4.78 is 12.0. The number of carbonyl (C=O) groups excluding carboxylic acids is 2. The maximum Gasteiger partial charge on any atom is 0.248 e. The summed E-state index contributed by atoms with van der Waals surface area (Å²) in [6.07, 6.45) is 1.29. The Morgan fingerprint density at radius 3 is 2.48 bits per heavy atom.